The molecule has 0 bridgehead atoms. The fourth-order valence-corrected chi connectivity index (χ4v) is 1.15. The van der Waals surface area contributed by atoms with Crippen LogP contribution in [0.4, 0.5) is 0 Å². The van der Waals surface area contributed by atoms with Gasteiger partial charge in [0.1, 0.15) is 5.75 Å². The molecule has 1 N–H and O–H groups in total. The van der Waals surface area contributed by atoms with Gasteiger partial charge >= 0.3 is 0 Å². The van der Waals surface area contributed by atoms with Gasteiger partial charge in [0.2, 0.25) is 0 Å². The molecule has 0 heterocycles. The molecule has 1 aromatic rings. The number of nitrogens with one attached hydrogen (secondary N) is 1. The van der Waals surface area contributed by atoms with Crippen molar-refractivity contribution in [1.82, 2.24) is 0 Å². The molecule has 0 aliphatic carbocycles. The molecule has 0 aliphatic heterocycles. The highest BCUT2D eigenvalue weighted by Gasteiger charge is 1.99. The van der Waals surface area contributed by atoms with E-state index >= 15 is 0 Å². The van der Waals surface area contributed by atoms with E-state index in [0.29, 0.717) is 18.9 Å². The predicted octanol–water partition coefficient (Wildman–Crippen LogP) is 2.25. The van der Waals surface area contributed by atoms with Crippen LogP contribution in [0.25, 0.3) is 0 Å². The van der Waals surface area contributed by atoms with Crippen LogP contribution in [0, 0.1) is 5.41 Å². The second-order valence-corrected chi connectivity index (χ2v) is 2.88. The minimum absolute atomic E-state index is 0.303. The van der Waals surface area contributed by atoms with Gasteiger partial charge in [-0.2, -0.15) is 0 Å². The molecule has 0 radical (unpaired) electrons. The van der Waals surface area contributed by atoms with Gasteiger partial charge in [0, 0.05) is 6.42 Å². The van der Waals surface area contributed by atoms with Crippen molar-refractivity contribution < 1.29 is 9.47 Å². The number of rotatable bonds is 4. The maximum Gasteiger partial charge on any atom is 0.184 e. The Balaban J connectivity index is 2.55. The van der Waals surface area contributed by atoms with E-state index in [1.54, 1.807) is 7.11 Å². The van der Waals surface area contributed by atoms with Gasteiger partial charge < -0.3 is 9.47 Å². The fourth-order valence-electron chi connectivity index (χ4n) is 1.15. The van der Waals surface area contributed by atoms with E-state index in [1.807, 2.05) is 31.2 Å². The molecule has 0 aromatic heterocycles. The van der Waals surface area contributed by atoms with E-state index in [2.05, 4.69) is 0 Å². The average molecular weight is 193 g/mol. The summed E-state index contributed by atoms with van der Waals surface area (Å²) < 4.78 is 10.1. The Bertz CT molecular complexity index is 293. The zero-order valence-corrected chi connectivity index (χ0v) is 8.54. The van der Waals surface area contributed by atoms with Crippen molar-refractivity contribution in [1.29, 1.82) is 5.41 Å². The van der Waals surface area contributed by atoms with E-state index in [9.17, 15) is 0 Å². The molecule has 0 unspecified atom stereocenters. The lowest BCUT2D eigenvalue weighted by atomic mass is 10.1. The van der Waals surface area contributed by atoms with Crippen LogP contribution in [0.15, 0.2) is 24.3 Å². The van der Waals surface area contributed by atoms with Crippen molar-refractivity contribution in [2.24, 2.45) is 0 Å². The van der Waals surface area contributed by atoms with Gasteiger partial charge in [-0.05, 0) is 24.6 Å². The highest BCUT2D eigenvalue weighted by Crippen LogP contribution is 2.11. The third-order valence-corrected chi connectivity index (χ3v) is 1.84. The normalized spacial score (nSPS) is 9.57. The van der Waals surface area contributed by atoms with Gasteiger partial charge in [0.15, 0.2) is 5.90 Å². The number of ether oxygens (including phenoxy) is 2. The molecule has 14 heavy (non-hydrogen) atoms. The van der Waals surface area contributed by atoms with Gasteiger partial charge in [-0.3, -0.25) is 5.41 Å². The first kappa shape index (κ1) is 10.6. The molecule has 0 saturated carbocycles. The lowest BCUT2D eigenvalue weighted by Crippen LogP contribution is -2.06. The summed E-state index contributed by atoms with van der Waals surface area (Å²) in [4.78, 5) is 0. The first-order valence-electron chi connectivity index (χ1n) is 4.59. The summed E-state index contributed by atoms with van der Waals surface area (Å²) >= 11 is 0. The molecule has 0 fully saturated rings. The third kappa shape index (κ3) is 3.09. The van der Waals surface area contributed by atoms with E-state index in [1.165, 1.54) is 0 Å². The minimum Gasteiger partial charge on any atom is -0.497 e. The minimum atomic E-state index is 0.303. The molecule has 1 aromatic carbocycles. The average Bonchev–Trinajstić information content (AvgIpc) is 2.19. The first-order valence-corrected chi connectivity index (χ1v) is 4.59. The predicted molar refractivity (Wildman–Crippen MR) is 56.1 cm³/mol. The molecular formula is C11H15NO2. The van der Waals surface area contributed by atoms with Crippen molar-refractivity contribution in [2.45, 2.75) is 13.3 Å². The van der Waals surface area contributed by atoms with Crippen molar-refractivity contribution >= 4 is 5.90 Å². The summed E-state index contributed by atoms with van der Waals surface area (Å²) in [6, 6.07) is 7.64. The van der Waals surface area contributed by atoms with Crippen LogP contribution in [0.3, 0.4) is 0 Å². The van der Waals surface area contributed by atoms with E-state index in [0.717, 1.165) is 11.3 Å². The Morgan fingerprint density at radius 2 is 1.93 bits per heavy atom. The Hall–Kier alpha value is -1.51. The molecule has 76 valence electrons. The van der Waals surface area contributed by atoms with Gasteiger partial charge in [0.05, 0.1) is 13.7 Å². The Morgan fingerprint density at radius 1 is 1.29 bits per heavy atom. The van der Waals surface area contributed by atoms with Gasteiger partial charge in [-0.15, -0.1) is 0 Å². The Labute approximate surface area is 84.2 Å². The topological polar surface area (TPSA) is 42.3 Å². The molecule has 0 amide bonds. The first-order chi connectivity index (χ1) is 6.76. The SMILES string of the molecule is CCOC(=N)Cc1ccc(OC)cc1. The summed E-state index contributed by atoms with van der Waals surface area (Å²) in [6.07, 6.45) is 0.540. The smallest absolute Gasteiger partial charge is 0.184 e. The highest BCUT2D eigenvalue weighted by atomic mass is 16.5. The molecule has 1 rings (SSSR count). The standard InChI is InChI=1S/C11H15NO2/c1-3-14-11(12)8-9-4-6-10(13-2)7-5-9/h4-7,12H,3,8H2,1-2H3. The zero-order valence-electron chi connectivity index (χ0n) is 8.54. The van der Waals surface area contributed by atoms with Crippen LogP contribution in [0.1, 0.15) is 12.5 Å². The fraction of sp³-hybridized carbons (Fsp3) is 0.364. The molecule has 3 nitrogen and oxygen atoms in total. The van der Waals surface area contributed by atoms with E-state index < -0.39 is 0 Å². The van der Waals surface area contributed by atoms with Crippen LogP contribution < -0.4 is 4.74 Å². The number of hydrogen-bond donors (Lipinski definition) is 1. The summed E-state index contributed by atoms with van der Waals surface area (Å²) in [7, 11) is 1.64. The lowest BCUT2D eigenvalue weighted by Gasteiger charge is -2.05. The Morgan fingerprint density at radius 3 is 2.43 bits per heavy atom. The van der Waals surface area contributed by atoms with Gasteiger partial charge in [-0.1, -0.05) is 12.1 Å². The second-order valence-electron chi connectivity index (χ2n) is 2.88. The maximum absolute atomic E-state index is 7.47. The number of benzene rings is 1. The van der Waals surface area contributed by atoms with Crippen LogP contribution in [-0.2, 0) is 11.2 Å². The summed E-state index contributed by atoms with van der Waals surface area (Å²) in [5.41, 5.74) is 1.06. The molecule has 0 atom stereocenters. The van der Waals surface area contributed by atoms with Crippen molar-refractivity contribution in [3.8, 4) is 5.75 Å². The molecule has 3 heteroatoms. The maximum atomic E-state index is 7.47. The van der Waals surface area contributed by atoms with Crippen LogP contribution in [0.5, 0.6) is 5.75 Å². The van der Waals surface area contributed by atoms with E-state index in [-0.39, 0.29) is 0 Å². The quantitative estimate of drug-likeness (QED) is 0.588. The molecule has 0 saturated heterocycles. The largest absolute Gasteiger partial charge is 0.497 e. The summed E-state index contributed by atoms with van der Waals surface area (Å²) in [5, 5.41) is 7.47. The van der Waals surface area contributed by atoms with Crippen molar-refractivity contribution in [3.05, 3.63) is 29.8 Å². The van der Waals surface area contributed by atoms with Crippen molar-refractivity contribution in [3.63, 3.8) is 0 Å². The number of methoxy groups -OCH3 is 1. The lowest BCUT2D eigenvalue weighted by molar-refractivity contribution is 0.317. The van der Waals surface area contributed by atoms with Crippen molar-refractivity contribution in [2.75, 3.05) is 13.7 Å². The monoisotopic (exact) mass is 193 g/mol. The zero-order chi connectivity index (χ0) is 10.4. The molecule has 0 aliphatic rings. The van der Waals surface area contributed by atoms with Crippen LogP contribution in [-0.4, -0.2) is 19.6 Å². The van der Waals surface area contributed by atoms with Crippen LogP contribution in [0.2, 0.25) is 0 Å². The second kappa shape index (κ2) is 5.27. The number of hydrogen-bond acceptors (Lipinski definition) is 3. The Kier molecular flexibility index (Phi) is 3.98. The molecular weight excluding hydrogens is 178 g/mol. The van der Waals surface area contributed by atoms with Crippen LogP contribution >= 0.6 is 0 Å². The molecule has 0 spiro atoms. The van der Waals surface area contributed by atoms with Gasteiger partial charge in [-0.25, -0.2) is 0 Å². The van der Waals surface area contributed by atoms with Gasteiger partial charge in [0.25, 0.3) is 0 Å². The summed E-state index contributed by atoms with van der Waals surface area (Å²) in [5.74, 6) is 1.13. The summed E-state index contributed by atoms with van der Waals surface area (Å²) in [6.45, 7) is 2.43. The highest BCUT2D eigenvalue weighted by molar-refractivity contribution is 5.75. The van der Waals surface area contributed by atoms with E-state index in [4.69, 9.17) is 14.9 Å². The third-order valence-electron chi connectivity index (χ3n) is 1.84.